The third-order valence-corrected chi connectivity index (χ3v) is 9.12. The van der Waals surface area contributed by atoms with Crippen LogP contribution >= 0.6 is 11.6 Å². The van der Waals surface area contributed by atoms with E-state index in [0.717, 1.165) is 15.5 Å². The number of pyridine rings is 2. The van der Waals surface area contributed by atoms with Crippen molar-refractivity contribution in [2.24, 2.45) is 18.9 Å². The maximum absolute atomic E-state index is 13.7. The molecule has 3 aromatic heterocycles. The van der Waals surface area contributed by atoms with Crippen LogP contribution in [-0.4, -0.2) is 45.1 Å². The number of aryl methyl sites for hydroxylation is 1. The molecule has 0 atom stereocenters. The van der Waals surface area contributed by atoms with Crippen LogP contribution in [0.1, 0.15) is 45.2 Å². The standard InChI is InChI=1S/C25H25ClF3N5O5S/c1-4-33-17(25(27,28)29)11-15-19(24(33)37)32(3)21(30-15)18-16(40(38,39)5-2)10-14(26)20(31-18)34(22(35)12-6-7-12)23(36)13-8-9-13/h10-13H,4-9H2,1-3H3. The molecule has 15 heteroatoms. The molecule has 0 spiro atoms. The highest BCUT2D eigenvalue weighted by Gasteiger charge is 2.44. The largest absolute Gasteiger partial charge is 0.431 e. The normalized spacial score (nSPS) is 16.0. The molecule has 40 heavy (non-hydrogen) atoms. The quantitative estimate of drug-likeness (QED) is 0.377. The van der Waals surface area contributed by atoms with E-state index >= 15 is 0 Å². The van der Waals surface area contributed by atoms with Crippen molar-refractivity contribution < 1.29 is 31.2 Å². The van der Waals surface area contributed by atoms with E-state index in [1.54, 1.807) is 0 Å². The van der Waals surface area contributed by atoms with Gasteiger partial charge in [0.1, 0.15) is 16.9 Å². The average molecular weight is 600 g/mol. The van der Waals surface area contributed by atoms with Crippen molar-refractivity contribution in [2.75, 3.05) is 10.7 Å². The smallest absolute Gasteiger partial charge is 0.321 e. The number of imidazole rings is 1. The molecule has 2 amide bonds. The summed E-state index contributed by atoms with van der Waals surface area (Å²) in [6, 6.07) is 1.78. The topological polar surface area (TPSA) is 124 Å². The molecule has 0 saturated heterocycles. The summed E-state index contributed by atoms with van der Waals surface area (Å²) in [7, 11) is -2.70. The zero-order valence-electron chi connectivity index (χ0n) is 21.7. The molecule has 2 saturated carbocycles. The molecule has 5 rings (SSSR count). The summed E-state index contributed by atoms with van der Waals surface area (Å²) in [5.74, 6) is -2.71. The molecule has 3 aromatic rings. The molecule has 2 aliphatic carbocycles. The molecule has 2 aliphatic rings. The Bertz CT molecular complexity index is 1720. The van der Waals surface area contributed by atoms with Crippen LogP contribution in [0.4, 0.5) is 19.0 Å². The number of carbonyl (C=O) groups excluding carboxylic acids is 2. The lowest BCUT2D eigenvalue weighted by Gasteiger charge is -2.22. The summed E-state index contributed by atoms with van der Waals surface area (Å²) in [5.41, 5.74) is -3.05. The van der Waals surface area contributed by atoms with Crippen LogP contribution < -0.4 is 10.5 Å². The minimum atomic E-state index is -4.85. The van der Waals surface area contributed by atoms with Crippen LogP contribution in [0.2, 0.25) is 5.02 Å². The Morgan fingerprint density at radius 1 is 1.07 bits per heavy atom. The summed E-state index contributed by atoms with van der Waals surface area (Å²) in [5, 5.41) is -0.259. The summed E-state index contributed by atoms with van der Waals surface area (Å²) in [6.07, 6.45) is -2.53. The number of amides is 2. The van der Waals surface area contributed by atoms with Gasteiger partial charge < -0.3 is 9.13 Å². The van der Waals surface area contributed by atoms with Crippen LogP contribution in [0.15, 0.2) is 21.8 Å². The maximum atomic E-state index is 13.7. The zero-order chi connectivity index (χ0) is 29.3. The number of imide groups is 1. The van der Waals surface area contributed by atoms with E-state index in [1.807, 2.05) is 0 Å². The van der Waals surface area contributed by atoms with E-state index in [2.05, 4.69) is 9.97 Å². The molecule has 0 aliphatic heterocycles. The fourth-order valence-electron chi connectivity index (χ4n) is 4.59. The van der Waals surface area contributed by atoms with Crippen molar-refractivity contribution in [1.29, 1.82) is 0 Å². The molecule has 3 heterocycles. The number of halogens is 4. The molecule has 10 nitrogen and oxygen atoms in total. The molecular weight excluding hydrogens is 575 g/mol. The number of anilines is 1. The summed E-state index contributed by atoms with van der Waals surface area (Å²) >= 11 is 6.46. The summed E-state index contributed by atoms with van der Waals surface area (Å²) in [6.45, 7) is 2.50. The first kappa shape index (κ1) is 28.3. The highest BCUT2D eigenvalue weighted by Crippen LogP contribution is 2.41. The van der Waals surface area contributed by atoms with E-state index in [1.165, 1.54) is 20.9 Å². The Hall–Kier alpha value is -3.26. The van der Waals surface area contributed by atoms with Gasteiger partial charge in [0.2, 0.25) is 11.8 Å². The number of rotatable bonds is 7. The second-order valence-corrected chi connectivity index (χ2v) is 12.6. The Morgan fingerprint density at radius 2 is 1.65 bits per heavy atom. The molecule has 0 radical (unpaired) electrons. The maximum Gasteiger partial charge on any atom is 0.431 e. The van der Waals surface area contributed by atoms with Crippen molar-refractivity contribution in [1.82, 2.24) is 19.1 Å². The number of nitrogens with zero attached hydrogens (tertiary/aromatic N) is 5. The van der Waals surface area contributed by atoms with Crippen molar-refractivity contribution in [3.63, 3.8) is 0 Å². The first-order valence-electron chi connectivity index (χ1n) is 12.7. The molecular formula is C25H25ClF3N5O5S. The highest BCUT2D eigenvalue weighted by molar-refractivity contribution is 7.91. The van der Waals surface area contributed by atoms with Crippen LogP contribution in [-0.2, 0) is 39.2 Å². The number of hydrogen-bond donors (Lipinski definition) is 0. The van der Waals surface area contributed by atoms with Crippen LogP contribution in [0.25, 0.3) is 22.6 Å². The molecule has 0 aromatic carbocycles. The van der Waals surface area contributed by atoms with Crippen molar-refractivity contribution in [3.05, 3.63) is 33.2 Å². The van der Waals surface area contributed by atoms with Crippen LogP contribution in [0.5, 0.6) is 0 Å². The number of alkyl halides is 3. The second-order valence-electron chi connectivity index (χ2n) is 9.91. The number of hydrogen-bond acceptors (Lipinski definition) is 7. The molecule has 214 valence electrons. The fourth-order valence-corrected chi connectivity index (χ4v) is 5.93. The number of aromatic nitrogens is 4. The number of sulfone groups is 1. The first-order chi connectivity index (χ1) is 18.7. The Labute approximate surface area is 231 Å². The van der Waals surface area contributed by atoms with Crippen molar-refractivity contribution in [2.45, 2.75) is 57.1 Å². The number of carbonyl (C=O) groups is 2. The van der Waals surface area contributed by atoms with Gasteiger partial charge in [-0.25, -0.2) is 23.3 Å². The minimum Gasteiger partial charge on any atom is -0.321 e. The first-order valence-corrected chi connectivity index (χ1v) is 14.7. The second kappa shape index (κ2) is 9.68. The molecule has 2 fully saturated rings. The molecule has 0 unspecified atom stereocenters. The lowest BCUT2D eigenvalue weighted by Crippen LogP contribution is -2.40. The summed E-state index contributed by atoms with van der Waals surface area (Å²) in [4.78, 5) is 48.6. The zero-order valence-corrected chi connectivity index (χ0v) is 23.3. The molecule has 0 bridgehead atoms. The van der Waals surface area contributed by atoms with Gasteiger partial charge in [-0.2, -0.15) is 13.2 Å². The number of fused-ring (bicyclic) bond motifs is 1. The van der Waals surface area contributed by atoms with E-state index in [-0.39, 0.29) is 45.7 Å². The predicted octanol–water partition coefficient (Wildman–Crippen LogP) is 3.96. The third-order valence-electron chi connectivity index (χ3n) is 7.10. The monoisotopic (exact) mass is 599 g/mol. The van der Waals surface area contributed by atoms with Crippen molar-refractivity contribution in [3.8, 4) is 11.5 Å². The van der Waals surface area contributed by atoms with Gasteiger partial charge in [-0.3, -0.25) is 14.4 Å². The third kappa shape index (κ3) is 4.70. The van der Waals surface area contributed by atoms with E-state index in [4.69, 9.17) is 11.6 Å². The van der Waals surface area contributed by atoms with Gasteiger partial charge in [-0.1, -0.05) is 18.5 Å². The lowest BCUT2D eigenvalue weighted by atomic mass is 10.2. The summed E-state index contributed by atoms with van der Waals surface area (Å²) < 4.78 is 69.2. The SMILES string of the molecule is CCn1c(C(F)(F)F)cc2nc(-c3nc(N(C(=O)C4CC4)C(=O)C4CC4)c(Cl)cc3S(=O)(=O)CC)n(C)c2c1=O. The lowest BCUT2D eigenvalue weighted by molar-refractivity contribution is -0.144. The average Bonchev–Trinajstić information content (AvgIpc) is 3.80. The van der Waals surface area contributed by atoms with Crippen molar-refractivity contribution >= 4 is 50.1 Å². The molecule has 0 N–H and O–H groups in total. The van der Waals surface area contributed by atoms with E-state index in [9.17, 15) is 36.0 Å². The van der Waals surface area contributed by atoms with E-state index < -0.39 is 55.8 Å². The van der Waals surface area contributed by atoms with Crippen LogP contribution in [0, 0.1) is 11.8 Å². The van der Waals surface area contributed by atoms with Gasteiger partial charge in [0.05, 0.1) is 21.2 Å². The van der Waals surface area contributed by atoms with Gasteiger partial charge in [0, 0.05) is 25.4 Å². The Kier molecular flexibility index (Phi) is 6.85. The van der Waals surface area contributed by atoms with Crippen LogP contribution in [0.3, 0.4) is 0 Å². The van der Waals surface area contributed by atoms with Gasteiger partial charge in [-0.15, -0.1) is 0 Å². The van der Waals surface area contributed by atoms with Gasteiger partial charge in [0.15, 0.2) is 21.5 Å². The predicted molar refractivity (Wildman–Crippen MR) is 140 cm³/mol. The van der Waals surface area contributed by atoms with E-state index in [0.29, 0.717) is 36.3 Å². The minimum absolute atomic E-state index is 0.206. The van der Waals surface area contributed by atoms with Gasteiger partial charge in [-0.05, 0) is 44.7 Å². The highest BCUT2D eigenvalue weighted by atomic mass is 35.5. The Balaban J connectivity index is 1.81. The fraction of sp³-hybridized carbons (Fsp3) is 0.480. The van der Waals surface area contributed by atoms with Gasteiger partial charge in [0.25, 0.3) is 5.56 Å². The van der Waals surface area contributed by atoms with Gasteiger partial charge >= 0.3 is 6.18 Å². The Morgan fingerprint density at radius 3 is 2.12 bits per heavy atom.